The number of anilines is 1. The van der Waals surface area contributed by atoms with Gasteiger partial charge in [-0.15, -0.1) is 15.3 Å². The van der Waals surface area contributed by atoms with Crippen molar-refractivity contribution in [3.05, 3.63) is 138 Å². The van der Waals surface area contributed by atoms with E-state index in [1.54, 1.807) is 50.2 Å². The Kier molecular flexibility index (Phi) is 13.3. The lowest BCUT2D eigenvalue weighted by Crippen LogP contribution is -2.11. The molecule has 0 heterocycles. The molecular weight excluding hydrogens is 947 g/mol. The van der Waals surface area contributed by atoms with E-state index in [0.717, 1.165) is 36.4 Å². The van der Waals surface area contributed by atoms with Crippen molar-refractivity contribution in [2.75, 3.05) is 5.32 Å². The van der Waals surface area contributed by atoms with E-state index in [9.17, 15) is 59.0 Å². The van der Waals surface area contributed by atoms with Gasteiger partial charge in [-0.05, 0) is 133 Å². The first-order valence-electron chi connectivity index (χ1n) is 19.2. The van der Waals surface area contributed by atoms with Crippen molar-refractivity contribution in [1.29, 1.82) is 0 Å². The Balaban J connectivity index is 0.973. The molecule has 1 amide bonds. The maximum atomic E-state index is 13.1. The number of fused-ring (bicyclic) bond motifs is 1. The van der Waals surface area contributed by atoms with Crippen molar-refractivity contribution in [2.45, 2.75) is 28.5 Å². The molecule has 0 bridgehead atoms. The Labute approximate surface area is 385 Å². The molecule has 0 atom stereocenters. The highest BCUT2D eigenvalue weighted by molar-refractivity contribution is 7.87. The summed E-state index contributed by atoms with van der Waals surface area (Å²) in [5.74, 6) is -1.91. The average Bonchev–Trinajstić information content (AvgIpc) is 3.27. The second kappa shape index (κ2) is 19.0. The average molecular weight is 980 g/mol. The lowest BCUT2D eigenvalue weighted by atomic mass is 10.1. The van der Waals surface area contributed by atoms with E-state index in [2.05, 4.69) is 46.2 Å². The maximum Gasteiger partial charge on any atom is 0.295 e. The maximum absolute atomic E-state index is 13.1. The van der Waals surface area contributed by atoms with Crippen molar-refractivity contribution < 1.29 is 59.0 Å². The molecule has 0 saturated carbocycles. The van der Waals surface area contributed by atoms with Gasteiger partial charge in [-0.1, -0.05) is 6.07 Å². The second-order valence-electron chi connectivity index (χ2n) is 14.5. The van der Waals surface area contributed by atoms with Crippen molar-refractivity contribution >= 4 is 98.2 Å². The van der Waals surface area contributed by atoms with E-state index in [1.165, 1.54) is 42.5 Å². The molecule has 22 nitrogen and oxygen atoms in total. The first-order chi connectivity index (χ1) is 32.0. The highest BCUT2D eigenvalue weighted by atomic mass is 32.2. The number of benzene rings is 7. The van der Waals surface area contributed by atoms with Crippen LogP contribution in [0.25, 0.3) is 10.8 Å². The molecule has 0 aliphatic carbocycles. The number of phenols is 3. The first kappa shape index (κ1) is 47.8. The number of nitrogens with one attached hydrogen (secondary N) is 1. The molecular formula is C43H33N9O13S3. The minimum Gasteiger partial charge on any atom is -0.506 e. The zero-order valence-electron chi connectivity index (χ0n) is 34.9. The van der Waals surface area contributed by atoms with E-state index in [0.29, 0.717) is 39.9 Å². The fraction of sp³-hybridized carbons (Fsp3) is 0.0465. The van der Waals surface area contributed by atoms with Gasteiger partial charge in [0.05, 0.1) is 38.2 Å². The third kappa shape index (κ3) is 11.4. The quantitative estimate of drug-likeness (QED) is 0.0418. The Morgan fingerprint density at radius 1 is 0.441 bits per heavy atom. The van der Waals surface area contributed by atoms with E-state index < -0.39 is 68.2 Å². The van der Waals surface area contributed by atoms with Gasteiger partial charge in [0, 0.05) is 28.8 Å². The molecule has 25 heteroatoms. The predicted molar refractivity (Wildman–Crippen MR) is 245 cm³/mol. The summed E-state index contributed by atoms with van der Waals surface area (Å²) in [7, 11) is -14.3. The van der Waals surface area contributed by atoms with Crippen molar-refractivity contribution in [3.63, 3.8) is 0 Å². The van der Waals surface area contributed by atoms with Crippen molar-refractivity contribution in [2.24, 2.45) is 40.9 Å². The number of hydrogen-bond donors (Lipinski definition) is 7. The first-order valence-corrected chi connectivity index (χ1v) is 23.5. The van der Waals surface area contributed by atoms with Crippen LogP contribution in [0.4, 0.5) is 51.2 Å². The number of amides is 1. The third-order valence-corrected chi connectivity index (χ3v) is 12.2. The van der Waals surface area contributed by atoms with E-state index >= 15 is 0 Å². The Morgan fingerprint density at radius 3 is 1.54 bits per heavy atom. The van der Waals surface area contributed by atoms with Crippen LogP contribution in [0.15, 0.2) is 177 Å². The minimum atomic E-state index is -4.89. The predicted octanol–water partition coefficient (Wildman–Crippen LogP) is 11.2. The van der Waals surface area contributed by atoms with E-state index in [4.69, 9.17) is 0 Å². The summed E-state index contributed by atoms with van der Waals surface area (Å²) in [5.41, 5.74) is 3.30. The van der Waals surface area contributed by atoms with Crippen LogP contribution in [-0.2, 0) is 30.4 Å². The van der Waals surface area contributed by atoms with Crippen LogP contribution < -0.4 is 5.32 Å². The molecule has 0 spiro atoms. The largest absolute Gasteiger partial charge is 0.506 e. The summed E-state index contributed by atoms with van der Waals surface area (Å²) in [6, 6.07) is 26.6. The number of azo groups is 4. The van der Waals surface area contributed by atoms with Gasteiger partial charge in [0.2, 0.25) is 0 Å². The minimum absolute atomic E-state index is 0.0436. The van der Waals surface area contributed by atoms with Crippen LogP contribution in [0.2, 0.25) is 0 Å². The number of rotatable bonds is 13. The van der Waals surface area contributed by atoms with Crippen LogP contribution in [0.5, 0.6) is 17.2 Å². The summed E-state index contributed by atoms with van der Waals surface area (Å²) in [6.07, 6.45) is 0. The van der Waals surface area contributed by atoms with Crippen LogP contribution in [-0.4, -0.2) is 60.1 Å². The monoisotopic (exact) mass is 979 g/mol. The zero-order valence-corrected chi connectivity index (χ0v) is 37.3. The third-order valence-electron chi connectivity index (χ3n) is 9.62. The van der Waals surface area contributed by atoms with Gasteiger partial charge < -0.3 is 20.6 Å². The molecule has 0 unspecified atom stereocenters. The summed E-state index contributed by atoms with van der Waals surface area (Å²) < 4.78 is 98.8. The molecule has 0 saturated heterocycles. The van der Waals surface area contributed by atoms with Crippen LogP contribution >= 0.6 is 0 Å². The molecule has 0 fully saturated rings. The highest BCUT2D eigenvalue weighted by Gasteiger charge is 2.21. The topological polar surface area (TPSA) is 352 Å². The Hall–Kier alpha value is -8.20. The van der Waals surface area contributed by atoms with E-state index in [-0.39, 0.29) is 44.8 Å². The van der Waals surface area contributed by atoms with Crippen molar-refractivity contribution in [3.8, 4) is 17.2 Å². The number of carbonyl (C=O) groups is 1. The SMILES string of the molecule is Cc1cc(N=Nc2ccc(NC(=O)c3ccc(N=Nc4cc(N=Nc5cc(S(=O)(=O)O)ccc5O)c(O)cc4O)cc3)cc2C)ccc1N=Nc1ccc2cc(S(=O)(=O)O)cc(S(=O)(=O)O)c2c1. The molecule has 7 aromatic carbocycles. The number of carbonyl (C=O) groups excluding carboxylic acids is 1. The number of aromatic hydroxyl groups is 3. The Bertz CT molecular complexity index is 3660. The van der Waals surface area contributed by atoms with Gasteiger partial charge in [-0.3, -0.25) is 18.5 Å². The van der Waals surface area contributed by atoms with Gasteiger partial charge in [-0.2, -0.15) is 50.8 Å². The smallest absolute Gasteiger partial charge is 0.295 e. The lowest BCUT2D eigenvalue weighted by molar-refractivity contribution is 0.102. The summed E-state index contributed by atoms with van der Waals surface area (Å²) in [6.45, 7) is 3.54. The second-order valence-corrected chi connectivity index (χ2v) is 18.7. The number of phenolic OH excluding ortho intramolecular Hbond substituents is 3. The van der Waals surface area contributed by atoms with Gasteiger partial charge >= 0.3 is 0 Å². The van der Waals surface area contributed by atoms with Gasteiger partial charge in [-0.25, -0.2) is 0 Å². The lowest BCUT2D eigenvalue weighted by Gasteiger charge is -2.08. The Morgan fingerprint density at radius 2 is 0.956 bits per heavy atom. The normalized spacial score (nSPS) is 12.5. The molecule has 68 heavy (non-hydrogen) atoms. The zero-order chi connectivity index (χ0) is 49.1. The molecule has 346 valence electrons. The summed E-state index contributed by atoms with van der Waals surface area (Å²) >= 11 is 0. The number of hydrogen-bond acceptors (Lipinski definition) is 18. The van der Waals surface area contributed by atoms with Crippen molar-refractivity contribution in [1.82, 2.24) is 0 Å². The molecule has 0 aliphatic rings. The molecule has 7 rings (SSSR count). The molecule has 7 N–H and O–H groups in total. The molecule has 0 radical (unpaired) electrons. The number of aryl methyl sites for hydroxylation is 2. The standard InChI is InChI=1S/C43H33N9O13S3/c1-23-15-28(44-43(56)25-3-6-27(7-4-25)45-50-37-21-38(41(55)22-40(37)54)52-51-36-19-31(66(57,58)59)11-14-39(36)53)9-12-34(23)48-46-29-10-13-35(24(2)16-29)49-47-30-8-5-26-17-32(67(60,61)62)20-42(33(26)18-30)68(63,64)65/h3-22,53-55H,1-2H3,(H,44,56)(H,57,58,59)(H,60,61,62)(H,63,64,65). The molecule has 7 aromatic rings. The van der Waals surface area contributed by atoms with E-state index in [1.807, 2.05) is 0 Å². The number of nitrogens with zero attached hydrogens (tertiary/aromatic N) is 8. The summed E-state index contributed by atoms with van der Waals surface area (Å²) in [5, 5.41) is 66.1. The van der Waals surface area contributed by atoms with Crippen LogP contribution in [0.3, 0.4) is 0 Å². The fourth-order valence-electron chi connectivity index (χ4n) is 6.15. The van der Waals surface area contributed by atoms with Gasteiger partial charge in [0.25, 0.3) is 36.3 Å². The molecule has 0 aliphatic heterocycles. The van der Waals surface area contributed by atoms with Crippen LogP contribution in [0.1, 0.15) is 21.5 Å². The summed E-state index contributed by atoms with van der Waals surface area (Å²) in [4.78, 5) is 11.1. The fourth-order valence-corrected chi connectivity index (χ4v) is 8.00. The van der Waals surface area contributed by atoms with Gasteiger partial charge in [0.15, 0.2) is 0 Å². The highest BCUT2D eigenvalue weighted by Crippen LogP contribution is 2.41. The van der Waals surface area contributed by atoms with Gasteiger partial charge in [0.1, 0.15) is 39.2 Å². The molecule has 0 aromatic heterocycles. The van der Waals surface area contributed by atoms with Crippen LogP contribution in [0, 0.1) is 13.8 Å².